The molecule has 150 valence electrons. The molecule has 0 spiro atoms. The van der Waals surface area contributed by atoms with Crippen molar-refractivity contribution in [3.05, 3.63) is 57.7 Å². The van der Waals surface area contributed by atoms with Crippen molar-refractivity contribution in [3.63, 3.8) is 0 Å². The third-order valence-corrected chi connectivity index (χ3v) is 6.32. The van der Waals surface area contributed by atoms with Gasteiger partial charge in [0.1, 0.15) is 17.3 Å². The molecule has 2 aromatic rings. The van der Waals surface area contributed by atoms with Crippen LogP contribution >= 0.6 is 11.6 Å². The number of morpholine rings is 1. The molecule has 0 radical (unpaired) electrons. The highest BCUT2D eigenvalue weighted by atomic mass is 35.5. The molecule has 1 fully saturated rings. The van der Waals surface area contributed by atoms with Gasteiger partial charge < -0.3 is 14.6 Å². The summed E-state index contributed by atoms with van der Waals surface area (Å²) < 4.78 is 45.8. The summed E-state index contributed by atoms with van der Waals surface area (Å²) in [6.07, 6.45) is 1.31. The van der Waals surface area contributed by atoms with Gasteiger partial charge in [0.15, 0.2) is 0 Å². The van der Waals surface area contributed by atoms with Crippen LogP contribution in [0.2, 0.25) is 5.02 Å². The van der Waals surface area contributed by atoms with Crippen LogP contribution in [-0.4, -0.2) is 49.5 Å². The molecule has 1 saturated heterocycles. The number of carbonyl (C=O) groups excluding carboxylic acids is 1. The summed E-state index contributed by atoms with van der Waals surface area (Å²) in [5.41, 5.74) is -0.632. The van der Waals surface area contributed by atoms with Gasteiger partial charge in [0.2, 0.25) is 15.9 Å². The number of hydrogen-bond acceptors (Lipinski definition) is 5. The second-order valence-electron chi connectivity index (χ2n) is 5.99. The lowest BCUT2D eigenvalue weighted by Gasteiger charge is -2.25. The Kier molecular flexibility index (Phi) is 6.14. The van der Waals surface area contributed by atoms with E-state index >= 15 is 0 Å². The number of sulfonamides is 1. The van der Waals surface area contributed by atoms with E-state index in [0.29, 0.717) is 0 Å². The molecule has 11 heteroatoms. The number of halogens is 2. The van der Waals surface area contributed by atoms with Gasteiger partial charge in [-0.05, 0) is 30.3 Å². The third-order valence-electron chi connectivity index (χ3n) is 4.09. The van der Waals surface area contributed by atoms with Gasteiger partial charge in [-0.15, -0.1) is 0 Å². The zero-order chi connectivity index (χ0) is 20.3. The van der Waals surface area contributed by atoms with Crippen molar-refractivity contribution in [3.8, 4) is 0 Å². The number of rotatable bonds is 5. The van der Waals surface area contributed by atoms with Gasteiger partial charge in [0, 0.05) is 19.3 Å². The fourth-order valence-corrected chi connectivity index (χ4v) is 4.41. The van der Waals surface area contributed by atoms with Crippen LogP contribution in [0.3, 0.4) is 0 Å². The number of amides is 1. The van der Waals surface area contributed by atoms with Crippen molar-refractivity contribution in [1.82, 2.24) is 8.87 Å². The Morgan fingerprint density at radius 3 is 2.64 bits per heavy atom. The first-order valence-electron chi connectivity index (χ1n) is 8.31. The van der Waals surface area contributed by atoms with E-state index in [9.17, 15) is 22.4 Å². The van der Waals surface area contributed by atoms with Gasteiger partial charge in [-0.3, -0.25) is 9.59 Å². The van der Waals surface area contributed by atoms with E-state index in [1.54, 1.807) is 0 Å². The minimum Gasteiger partial charge on any atom is -0.379 e. The number of hydrogen-bond donors (Lipinski definition) is 1. The first-order chi connectivity index (χ1) is 13.3. The van der Waals surface area contributed by atoms with Crippen LogP contribution in [0.4, 0.5) is 10.1 Å². The van der Waals surface area contributed by atoms with Crippen LogP contribution in [0.1, 0.15) is 0 Å². The lowest BCUT2D eigenvalue weighted by atomic mass is 10.3. The lowest BCUT2D eigenvalue weighted by molar-refractivity contribution is -0.116. The molecular formula is C17H17ClFN3O5S. The van der Waals surface area contributed by atoms with Crippen molar-refractivity contribution in [2.24, 2.45) is 0 Å². The SMILES string of the molecule is O=C(Cn1cccc(S(=O)(=O)N2CCOCC2)c1=O)Nc1ccc(F)cc1Cl. The van der Waals surface area contributed by atoms with Crippen molar-refractivity contribution in [1.29, 1.82) is 0 Å². The number of nitrogens with zero attached hydrogens (tertiary/aromatic N) is 2. The summed E-state index contributed by atoms with van der Waals surface area (Å²) in [4.78, 5) is 24.4. The molecular weight excluding hydrogens is 413 g/mol. The summed E-state index contributed by atoms with van der Waals surface area (Å²) in [7, 11) is -4.00. The Bertz CT molecular complexity index is 1050. The fraction of sp³-hybridized carbons (Fsp3) is 0.294. The maximum atomic E-state index is 13.1. The maximum absolute atomic E-state index is 13.1. The first-order valence-corrected chi connectivity index (χ1v) is 10.1. The molecule has 0 aliphatic carbocycles. The number of carbonyl (C=O) groups is 1. The average molecular weight is 430 g/mol. The highest BCUT2D eigenvalue weighted by Gasteiger charge is 2.29. The molecule has 0 saturated carbocycles. The Hall–Kier alpha value is -2.27. The number of ether oxygens (including phenoxy) is 1. The second kappa shape index (κ2) is 8.39. The molecule has 28 heavy (non-hydrogen) atoms. The highest BCUT2D eigenvalue weighted by molar-refractivity contribution is 7.89. The van der Waals surface area contributed by atoms with Crippen LogP contribution < -0.4 is 10.9 Å². The maximum Gasteiger partial charge on any atom is 0.271 e. The van der Waals surface area contributed by atoms with Gasteiger partial charge in [-0.25, -0.2) is 12.8 Å². The molecule has 1 N–H and O–H groups in total. The number of benzene rings is 1. The van der Waals surface area contributed by atoms with Crippen molar-refractivity contribution >= 4 is 33.2 Å². The third kappa shape index (κ3) is 4.41. The summed E-state index contributed by atoms with van der Waals surface area (Å²) in [6.45, 7) is 0.377. The number of aromatic nitrogens is 1. The molecule has 8 nitrogen and oxygen atoms in total. The van der Waals surface area contributed by atoms with Gasteiger partial charge in [-0.2, -0.15) is 4.31 Å². The van der Waals surface area contributed by atoms with Crippen LogP contribution in [0, 0.1) is 5.82 Å². The molecule has 0 unspecified atom stereocenters. The molecule has 2 heterocycles. The molecule has 1 aromatic heterocycles. The summed E-state index contributed by atoms with van der Waals surface area (Å²) in [5, 5.41) is 2.47. The predicted molar refractivity (Wildman–Crippen MR) is 100 cm³/mol. The van der Waals surface area contributed by atoms with E-state index < -0.39 is 38.7 Å². The van der Waals surface area contributed by atoms with Crippen LogP contribution in [0.15, 0.2) is 46.2 Å². The molecule has 0 atom stereocenters. The van der Waals surface area contributed by atoms with E-state index in [1.165, 1.54) is 28.7 Å². The van der Waals surface area contributed by atoms with Gasteiger partial charge in [-0.1, -0.05) is 11.6 Å². The Morgan fingerprint density at radius 2 is 1.96 bits per heavy atom. The quantitative estimate of drug-likeness (QED) is 0.772. The number of pyridine rings is 1. The van der Waals surface area contributed by atoms with E-state index in [1.807, 2.05) is 0 Å². The topological polar surface area (TPSA) is 97.7 Å². The van der Waals surface area contributed by atoms with Crippen LogP contribution in [0.5, 0.6) is 0 Å². The molecule has 0 bridgehead atoms. The molecule has 1 amide bonds. The van der Waals surface area contributed by atoms with Crippen LogP contribution in [-0.2, 0) is 26.1 Å². The monoisotopic (exact) mass is 429 g/mol. The van der Waals surface area contributed by atoms with Crippen molar-refractivity contribution < 1.29 is 22.3 Å². The minimum absolute atomic E-state index is 0.00402. The second-order valence-corrected chi connectivity index (χ2v) is 8.31. The highest BCUT2D eigenvalue weighted by Crippen LogP contribution is 2.22. The summed E-state index contributed by atoms with van der Waals surface area (Å²) >= 11 is 5.86. The number of anilines is 1. The van der Waals surface area contributed by atoms with E-state index in [0.717, 1.165) is 16.7 Å². The van der Waals surface area contributed by atoms with Crippen molar-refractivity contribution in [2.45, 2.75) is 11.4 Å². The predicted octanol–water partition coefficient (Wildman–Crippen LogP) is 1.30. The Labute approximate surface area is 165 Å². The molecule has 3 rings (SSSR count). The van der Waals surface area contributed by atoms with Crippen molar-refractivity contribution in [2.75, 3.05) is 31.6 Å². The average Bonchev–Trinajstić information content (AvgIpc) is 2.66. The first kappa shape index (κ1) is 20.5. The van der Waals surface area contributed by atoms with E-state index in [2.05, 4.69) is 5.32 Å². The molecule has 1 aliphatic rings. The zero-order valence-corrected chi connectivity index (χ0v) is 16.2. The van der Waals surface area contributed by atoms with Gasteiger partial charge in [0.05, 0.1) is 23.9 Å². The smallest absolute Gasteiger partial charge is 0.271 e. The standard InChI is InChI=1S/C17H17ClFN3O5S/c18-13-10-12(19)3-4-14(13)20-16(23)11-21-5-1-2-15(17(21)24)28(25,26)22-6-8-27-9-7-22/h1-5,10H,6-9,11H2,(H,20,23). The van der Waals surface area contributed by atoms with Gasteiger partial charge >= 0.3 is 0 Å². The zero-order valence-electron chi connectivity index (χ0n) is 14.6. The Morgan fingerprint density at radius 1 is 1.25 bits per heavy atom. The number of nitrogens with one attached hydrogen (secondary N) is 1. The molecule has 1 aliphatic heterocycles. The van der Waals surface area contributed by atoms with E-state index in [4.69, 9.17) is 16.3 Å². The lowest BCUT2D eigenvalue weighted by Crippen LogP contribution is -2.43. The van der Waals surface area contributed by atoms with Crippen LogP contribution in [0.25, 0.3) is 0 Å². The minimum atomic E-state index is -4.00. The normalized spacial score (nSPS) is 15.4. The summed E-state index contributed by atoms with van der Waals surface area (Å²) in [6, 6.07) is 6.05. The summed E-state index contributed by atoms with van der Waals surface area (Å²) in [5.74, 6) is -1.17. The largest absolute Gasteiger partial charge is 0.379 e. The Balaban J connectivity index is 1.81. The van der Waals surface area contributed by atoms with E-state index in [-0.39, 0.29) is 37.0 Å². The molecule has 1 aromatic carbocycles. The fourth-order valence-electron chi connectivity index (χ4n) is 2.70. The van der Waals surface area contributed by atoms with Gasteiger partial charge in [0.25, 0.3) is 5.56 Å².